The molecule has 0 spiro atoms. The second-order valence-corrected chi connectivity index (χ2v) is 5.15. The molecule has 0 unspecified atom stereocenters. The van der Waals surface area contributed by atoms with Crippen LogP contribution in [0, 0.1) is 5.92 Å². The number of oxazole rings is 1. The van der Waals surface area contributed by atoms with Crippen molar-refractivity contribution in [2.24, 2.45) is 13.0 Å². The molecule has 1 fully saturated rings. The van der Waals surface area contributed by atoms with Crippen LogP contribution in [0.5, 0.6) is 0 Å². The standard InChI is InChI=1S/C13H16N4O3/c1-17-6-9(4-15-17)12(8-2-10(18)3-8)16-13(19)11-5-14-7-20-11/h4-8,10,12,18H,2-3H2,1H3,(H,16,19)/t8?,10?,12-/m1/s1. The molecule has 0 bridgehead atoms. The number of carbonyl (C=O) groups excluding carboxylic acids is 1. The van der Waals surface area contributed by atoms with Crippen molar-refractivity contribution in [2.75, 3.05) is 0 Å². The molecule has 2 heterocycles. The first-order valence-electron chi connectivity index (χ1n) is 6.49. The second kappa shape index (κ2) is 5.09. The number of carbonyl (C=O) groups is 1. The highest BCUT2D eigenvalue weighted by molar-refractivity contribution is 5.91. The molecule has 1 atom stereocenters. The Morgan fingerprint density at radius 1 is 1.55 bits per heavy atom. The zero-order valence-electron chi connectivity index (χ0n) is 11.1. The van der Waals surface area contributed by atoms with E-state index in [1.165, 1.54) is 12.6 Å². The van der Waals surface area contributed by atoms with Crippen LogP contribution in [0.2, 0.25) is 0 Å². The van der Waals surface area contributed by atoms with E-state index in [2.05, 4.69) is 15.4 Å². The van der Waals surface area contributed by atoms with E-state index in [1.54, 1.807) is 10.9 Å². The molecule has 1 saturated carbocycles. The lowest BCUT2D eigenvalue weighted by Crippen LogP contribution is -2.41. The van der Waals surface area contributed by atoms with Gasteiger partial charge in [-0.05, 0) is 18.8 Å². The minimum absolute atomic E-state index is 0.176. The van der Waals surface area contributed by atoms with Gasteiger partial charge in [0.25, 0.3) is 5.91 Å². The number of aliphatic hydroxyl groups excluding tert-OH is 1. The molecule has 1 amide bonds. The van der Waals surface area contributed by atoms with Gasteiger partial charge in [0, 0.05) is 18.8 Å². The van der Waals surface area contributed by atoms with Crippen molar-refractivity contribution in [2.45, 2.75) is 25.0 Å². The highest BCUT2D eigenvalue weighted by atomic mass is 16.3. The van der Waals surface area contributed by atoms with Crippen LogP contribution in [0.15, 0.2) is 29.4 Å². The molecular weight excluding hydrogens is 260 g/mol. The van der Waals surface area contributed by atoms with Gasteiger partial charge >= 0.3 is 0 Å². The molecule has 1 aliphatic carbocycles. The number of hydrogen-bond donors (Lipinski definition) is 2. The highest BCUT2D eigenvalue weighted by Gasteiger charge is 2.36. The summed E-state index contributed by atoms with van der Waals surface area (Å²) in [5.41, 5.74) is 0.928. The molecule has 0 saturated heterocycles. The summed E-state index contributed by atoms with van der Waals surface area (Å²) in [5, 5.41) is 16.5. The average Bonchev–Trinajstić information content (AvgIpc) is 3.03. The lowest BCUT2D eigenvalue weighted by atomic mass is 9.75. The van der Waals surface area contributed by atoms with Gasteiger partial charge in [-0.1, -0.05) is 0 Å². The normalized spacial score (nSPS) is 23.1. The molecule has 106 valence electrons. The van der Waals surface area contributed by atoms with Crippen LogP contribution in [-0.2, 0) is 7.05 Å². The van der Waals surface area contributed by atoms with Crippen LogP contribution in [0.1, 0.15) is 35.0 Å². The number of aromatic nitrogens is 3. The van der Waals surface area contributed by atoms with Crippen LogP contribution in [-0.4, -0.2) is 31.9 Å². The Hall–Kier alpha value is -2.15. The third-order valence-corrected chi connectivity index (χ3v) is 3.65. The van der Waals surface area contributed by atoms with Crippen molar-refractivity contribution >= 4 is 5.91 Å². The monoisotopic (exact) mass is 276 g/mol. The van der Waals surface area contributed by atoms with Crippen molar-refractivity contribution < 1.29 is 14.3 Å². The van der Waals surface area contributed by atoms with Crippen molar-refractivity contribution in [1.29, 1.82) is 0 Å². The molecule has 7 nitrogen and oxygen atoms in total. The highest BCUT2D eigenvalue weighted by Crippen LogP contribution is 2.38. The minimum atomic E-state index is -0.308. The smallest absolute Gasteiger partial charge is 0.289 e. The molecular formula is C13H16N4O3. The summed E-state index contributed by atoms with van der Waals surface area (Å²) >= 11 is 0. The Morgan fingerprint density at radius 3 is 2.90 bits per heavy atom. The van der Waals surface area contributed by atoms with Crippen molar-refractivity contribution in [1.82, 2.24) is 20.1 Å². The Kier molecular flexibility index (Phi) is 3.27. The topological polar surface area (TPSA) is 93.2 Å². The molecule has 1 aliphatic rings. The van der Waals surface area contributed by atoms with E-state index < -0.39 is 0 Å². The van der Waals surface area contributed by atoms with Crippen molar-refractivity contribution in [3.8, 4) is 0 Å². The van der Waals surface area contributed by atoms with Gasteiger partial charge < -0.3 is 14.8 Å². The second-order valence-electron chi connectivity index (χ2n) is 5.15. The van der Waals surface area contributed by atoms with Gasteiger partial charge in [0.1, 0.15) is 0 Å². The van der Waals surface area contributed by atoms with Crippen LogP contribution < -0.4 is 5.32 Å². The fourth-order valence-corrected chi connectivity index (χ4v) is 2.52. The fraction of sp³-hybridized carbons (Fsp3) is 0.462. The van der Waals surface area contributed by atoms with Crippen molar-refractivity contribution in [3.63, 3.8) is 0 Å². The largest absolute Gasteiger partial charge is 0.438 e. The van der Waals surface area contributed by atoms with Crippen LogP contribution >= 0.6 is 0 Å². The maximum atomic E-state index is 12.1. The lowest BCUT2D eigenvalue weighted by molar-refractivity contribution is 0.0232. The molecule has 2 aromatic rings. The van der Waals surface area contributed by atoms with Gasteiger partial charge in [-0.3, -0.25) is 9.48 Å². The summed E-state index contributed by atoms with van der Waals surface area (Å²) in [6, 6.07) is -0.176. The Bertz CT molecular complexity index is 587. The summed E-state index contributed by atoms with van der Waals surface area (Å²) < 4.78 is 6.69. The predicted molar refractivity (Wildman–Crippen MR) is 68.6 cm³/mol. The fourth-order valence-electron chi connectivity index (χ4n) is 2.52. The van der Waals surface area contributed by atoms with E-state index in [-0.39, 0.29) is 29.7 Å². The first-order valence-corrected chi connectivity index (χ1v) is 6.49. The van der Waals surface area contributed by atoms with Gasteiger partial charge in [-0.25, -0.2) is 4.98 Å². The summed E-state index contributed by atoms with van der Waals surface area (Å²) in [6.07, 6.45) is 7.28. The number of amides is 1. The van der Waals surface area contributed by atoms with Gasteiger partial charge in [0.15, 0.2) is 6.39 Å². The number of hydrogen-bond acceptors (Lipinski definition) is 5. The Balaban J connectivity index is 1.77. The van der Waals surface area contributed by atoms with E-state index >= 15 is 0 Å². The maximum Gasteiger partial charge on any atom is 0.289 e. The van der Waals surface area contributed by atoms with Gasteiger partial charge in [-0.15, -0.1) is 0 Å². The predicted octanol–water partition coefficient (Wildman–Crippen LogP) is 0.650. The summed E-state index contributed by atoms with van der Waals surface area (Å²) in [5.74, 6) is 0.0811. The van der Waals surface area contributed by atoms with E-state index in [9.17, 15) is 9.90 Å². The maximum absolute atomic E-state index is 12.1. The molecule has 20 heavy (non-hydrogen) atoms. The third kappa shape index (κ3) is 2.44. The number of nitrogens with one attached hydrogen (secondary N) is 1. The van der Waals surface area contributed by atoms with E-state index in [1.807, 2.05) is 13.2 Å². The third-order valence-electron chi connectivity index (χ3n) is 3.65. The molecule has 2 aromatic heterocycles. The lowest BCUT2D eigenvalue weighted by Gasteiger charge is -2.37. The van der Waals surface area contributed by atoms with Crippen LogP contribution in [0.4, 0.5) is 0 Å². The first-order chi connectivity index (χ1) is 9.63. The van der Waals surface area contributed by atoms with Gasteiger partial charge in [-0.2, -0.15) is 5.10 Å². The van der Waals surface area contributed by atoms with Gasteiger partial charge in [0.2, 0.25) is 5.76 Å². The van der Waals surface area contributed by atoms with E-state index in [0.29, 0.717) is 12.8 Å². The Morgan fingerprint density at radius 2 is 2.35 bits per heavy atom. The molecule has 0 aromatic carbocycles. The number of aryl methyl sites for hydroxylation is 1. The van der Waals surface area contributed by atoms with Crippen LogP contribution in [0.25, 0.3) is 0 Å². The molecule has 2 N–H and O–H groups in total. The minimum Gasteiger partial charge on any atom is -0.438 e. The average molecular weight is 276 g/mol. The number of aliphatic hydroxyl groups is 1. The summed E-state index contributed by atoms with van der Waals surface area (Å²) in [4.78, 5) is 15.8. The van der Waals surface area contributed by atoms with E-state index in [0.717, 1.165) is 5.56 Å². The SMILES string of the molecule is Cn1cc([C@H](NC(=O)c2cnco2)C2CC(O)C2)cn1. The number of nitrogens with zero attached hydrogens (tertiary/aromatic N) is 3. The Labute approximate surface area is 115 Å². The zero-order chi connectivity index (χ0) is 14.1. The quantitative estimate of drug-likeness (QED) is 0.855. The molecule has 7 heteroatoms. The molecule has 0 radical (unpaired) electrons. The summed E-state index contributed by atoms with van der Waals surface area (Å²) in [7, 11) is 1.83. The van der Waals surface area contributed by atoms with Crippen LogP contribution in [0.3, 0.4) is 0 Å². The summed E-state index contributed by atoms with van der Waals surface area (Å²) in [6.45, 7) is 0. The van der Waals surface area contributed by atoms with Crippen molar-refractivity contribution in [3.05, 3.63) is 36.3 Å². The molecule has 0 aliphatic heterocycles. The molecule has 3 rings (SSSR count). The van der Waals surface area contributed by atoms with Gasteiger partial charge in [0.05, 0.1) is 24.5 Å². The first kappa shape index (κ1) is 12.9. The van der Waals surface area contributed by atoms with E-state index in [4.69, 9.17) is 4.42 Å². The zero-order valence-corrected chi connectivity index (χ0v) is 11.1. The number of rotatable bonds is 4.